The van der Waals surface area contributed by atoms with Crippen LogP contribution >= 0.6 is 0 Å². The summed E-state index contributed by atoms with van der Waals surface area (Å²) >= 11 is 0. The number of aromatic nitrogens is 4. The van der Waals surface area contributed by atoms with Gasteiger partial charge in [-0.1, -0.05) is 158 Å². The van der Waals surface area contributed by atoms with Crippen LogP contribution in [0.2, 0.25) is 0 Å². The van der Waals surface area contributed by atoms with E-state index < -0.39 is 0 Å². The van der Waals surface area contributed by atoms with Crippen LogP contribution < -0.4 is 0 Å². The Balaban J connectivity index is 0.971. The third-order valence-corrected chi connectivity index (χ3v) is 12.3. The van der Waals surface area contributed by atoms with Crippen molar-refractivity contribution in [2.75, 3.05) is 0 Å². The monoisotopic (exact) mass is 806 g/mol. The second kappa shape index (κ2) is 14.0. The normalized spacial score (nSPS) is 11.8. The maximum Gasteiger partial charge on any atom is 0.164 e. The third-order valence-electron chi connectivity index (χ3n) is 12.3. The van der Waals surface area contributed by atoms with Crippen molar-refractivity contribution >= 4 is 65.7 Å². The van der Waals surface area contributed by atoms with E-state index >= 15 is 0 Å². The van der Waals surface area contributed by atoms with E-state index in [-0.39, 0.29) is 0 Å². The molecule has 0 saturated heterocycles. The first kappa shape index (κ1) is 35.2. The zero-order valence-corrected chi connectivity index (χ0v) is 33.7. The van der Waals surface area contributed by atoms with Crippen molar-refractivity contribution in [1.29, 1.82) is 0 Å². The van der Waals surface area contributed by atoms with E-state index in [0.29, 0.717) is 17.5 Å². The van der Waals surface area contributed by atoms with E-state index in [0.717, 1.165) is 99.5 Å². The molecule has 0 fully saturated rings. The van der Waals surface area contributed by atoms with Crippen LogP contribution in [-0.4, -0.2) is 19.5 Å². The summed E-state index contributed by atoms with van der Waals surface area (Å²) in [5.74, 6) is 1.82. The van der Waals surface area contributed by atoms with Crippen molar-refractivity contribution < 1.29 is 8.83 Å². The first-order chi connectivity index (χ1) is 31.2. The fourth-order valence-electron chi connectivity index (χ4n) is 9.39. The van der Waals surface area contributed by atoms with Gasteiger partial charge in [-0.15, -0.1) is 0 Å². The summed E-state index contributed by atoms with van der Waals surface area (Å²) < 4.78 is 15.5. The molecule has 0 bridgehead atoms. The number of rotatable bonds is 6. The van der Waals surface area contributed by atoms with Crippen LogP contribution in [0, 0.1) is 0 Å². The predicted molar refractivity (Wildman–Crippen MR) is 256 cm³/mol. The van der Waals surface area contributed by atoms with Gasteiger partial charge in [0.2, 0.25) is 0 Å². The molecule has 9 aromatic carbocycles. The maximum absolute atomic E-state index is 6.56. The quantitative estimate of drug-likeness (QED) is 0.167. The molecular formula is C57H34N4O2. The summed E-state index contributed by atoms with van der Waals surface area (Å²) in [5, 5.41) is 6.55. The van der Waals surface area contributed by atoms with Crippen LogP contribution in [0.5, 0.6) is 0 Å². The highest BCUT2D eigenvalue weighted by molar-refractivity contribution is 6.15. The number of hydrogen-bond acceptors (Lipinski definition) is 5. The standard InChI is InChI=1S/C57H34N4O2/c1-3-15-35(16-4-1)55-58-56(36-17-5-2-6-18-36)60-57(59-55)44-24-14-28-52-53(44)46-34-38(30-32-51(46)62-52)37-29-31-49-45(33-37)40-20-8-11-26-48(40)61(49)47-25-10-7-19-39(47)42-22-13-23-43-41-21-9-12-27-50(41)63-54(42)43/h1-34H. The Morgan fingerprint density at radius 3 is 1.68 bits per heavy atom. The van der Waals surface area contributed by atoms with Crippen LogP contribution in [0.15, 0.2) is 215 Å². The summed E-state index contributed by atoms with van der Waals surface area (Å²) in [6, 6.07) is 71.6. The predicted octanol–water partition coefficient (Wildman–Crippen LogP) is 15.1. The largest absolute Gasteiger partial charge is 0.456 e. The fraction of sp³-hybridized carbons (Fsp3) is 0. The third kappa shape index (κ3) is 5.62. The second-order valence-electron chi connectivity index (χ2n) is 15.9. The molecule has 13 rings (SSSR count). The molecule has 0 amide bonds. The minimum atomic E-state index is 0.590. The van der Waals surface area contributed by atoms with E-state index in [1.165, 1.54) is 10.8 Å². The smallest absolute Gasteiger partial charge is 0.164 e. The van der Waals surface area contributed by atoms with Gasteiger partial charge in [0.05, 0.1) is 16.7 Å². The lowest BCUT2D eigenvalue weighted by atomic mass is 9.99. The molecular weight excluding hydrogens is 773 g/mol. The van der Waals surface area contributed by atoms with Crippen molar-refractivity contribution in [3.05, 3.63) is 206 Å². The molecule has 0 spiro atoms. The van der Waals surface area contributed by atoms with Crippen LogP contribution in [-0.2, 0) is 0 Å². The number of furan rings is 2. The van der Waals surface area contributed by atoms with Crippen molar-refractivity contribution in [3.63, 3.8) is 0 Å². The summed E-state index contributed by atoms with van der Waals surface area (Å²) in [6.07, 6.45) is 0. The lowest BCUT2D eigenvalue weighted by molar-refractivity contribution is 0.669. The van der Waals surface area contributed by atoms with E-state index in [1.54, 1.807) is 0 Å². The SMILES string of the molecule is c1ccc(-c2nc(-c3ccccc3)nc(-c3cccc4oc5ccc(-c6ccc7c(c6)c6ccccc6n7-c6ccccc6-c6cccc7c6oc6ccccc67)cc5c34)n2)cc1. The molecule has 0 N–H and O–H groups in total. The van der Waals surface area contributed by atoms with Gasteiger partial charge in [-0.25, -0.2) is 15.0 Å². The molecule has 0 radical (unpaired) electrons. The van der Waals surface area contributed by atoms with Gasteiger partial charge in [0, 0.05) is 60.1 Å². The van der Waals surface area contributed by atoms with Crippen molar-refractivity contribution in [2.24, 2.45) is 0 Å². The second-order valence-corrected chi connectivity index (χ2v) is 15.9. The average molecular weight is 807 g/mol. The molecule has 63 heavy (non-hydrogen) atoms. The van der Waals surface area contributed by atoms with Crippen molar-refractivity contribution in [3.8, 4) is 62.1 Å². The molecule has 0 aliphatic heterocycles. The zero-order valence-electron chi connectivity index (χ0n) is 33.7. The molecule has 0 aliphatic carbocycles. The van der Waals surface area contributed by atoms with Crippen LogP contribution in [0.4, 0.5) is 0 Å². The first-order valence-corrected chi connectivity index (χ1v) is 21.1. The highest BCUT2D eigenvalue weighted by Gasteiger charge is 2.21. The highest BCUT2D eigenvalue weighted by Crippen LogP contribution is 2.43. The Morgan fingerprint density at radius 1 is 0.317 bits per heavy atom. The molecule has 6 heteroatoms. The van der Waals surface area contributed by atoms with E-state index in [9.17, 15) is 0 Å². The topological polar surface area (TPSA) is 69.9 Å². The zero-order chi connectivity index (χ0) is 41.4. The van der Waals surface area contributed by atoms with Gasteiger partial charge < -0.3 is 13.4 Å². The van der Waals surface area contributed by atoms with Crippen molar-refractivity contribution in [2.45, 2.75) is 0 Å². The van der Waals surface area contributed by atoms with Gasteiger partial charge in [-0.2, -0.15) is 0 Å². The van der Waals surface area contributed by atoms with E-state index in [2.05, 4.69) is 126 Å². The molecule has 0 unspecified atom stereocenters. The van der Waals surface area contributed by atoms with Crippen LogP contribution in [0.1, 0.15) is 0 Å². The van der Waals surface area contributed by atoms with Gasteiger partial charge in [0.15, 0.2) is 17.5 Å². The average Bonchev–Trinajstić information content (AvgIpc) is 4.04. The molecule has 0 saturated carbocycles. The summed E-state index contributed by atoms with van der Waals surface area (Å²) in [5.41, 5.74) is 13.8. The number of fused-ring (bicyclic) bond motifs is 9. The van der Waals surface area contributed by atoms with Crippen LogP contribution in [0.25, 0.3) is 128 Å². The Labute approximate surface area is 361 Å². The van der Waals surface area contributed by atoms with Gasteiger partial charge in [0.25, 0.3) is 0 Å². The Hall–Kier alpha value is -8.61. The molecule has 6 nitrogen and oxygen atoms in total. The van der Waals surface area contributed by atoms with Gasteiger partial charge in [-0.3, -0.25) is 0 Å². The summed E-state index contributed by atoms with van der Waals surface area (Å²) in [6.45, 7) is 0. The molecule has 4 heterocycles. The first-order valence-electron chi connectivity index (χ1n) is 21.1. The number of para-hydroxylation sites is 4. The number of benzene rings is 9. The van der Waals surface area contributed by atoms with E-state index in [4.69, 9.17) is 23.8 Å². The van der Waals surface area contributed by atoms with Gasteiger partial charge in [-0.05, 0) is 59.7 Å². The van der Waals surface area contributed by atoms with Gasteiger partial charge >= 0.3 is 0 Å². The van der Waals surface area contributed by atoms with Crippen molar-refractivity contribution in [1.82, 2.24) is 19.5 Å². The van der Waals surface area contributed by atoms with Gasteiger partial charge in [0.1, 0.15) is 22.3 Å². The van der Waals surface area contributed by atoms with Crippen LogP contribution in [0.3, 0.4) is 0 Å². The molecule has 294 valence electrons. The molecule has 0 atom stereocenters. The minimum Gasteiger partial charge on any atom is -0.456 e. The molecule has 0 aliphatic rings. The molecule has 13 aromatic rings. The Morgan fingerprint density at radius 2 is 0.873 bits per heavy atom. The number of hydrogen-bond donors (Lipinski definition) is 0. The van der Waals surface area contributed by atoms with E-state index in [1.807, 2.05) is 84.9 Å². The number of nitrogens with zero attached hydrogens (tertiary/aromatic N) is 4. The Bertz CT molecular complexity index is 3860. The maximum atomic E-state index is 6.56. The lowest BCUT2D eigenvalue weighted by Gasteiger charge is -2.14. The summed E-state index contributed by atoms with van der Waals surface area (Å²) in [4.78, 5) is 15.1. The highest BCUT2D eigenvalue weighted by atomic mass is 16.3. The lowest BCUT2D eigenvalue weighted by Crippen LogP contribution is -2.00. The fourth-order valence-corrected chi connectivity index (χ4v) is 9.39. The summed E-state index contributed by atoms with van der Waals surface area (Å²) in [7, 11) is 0. The molecule has 4 aromatic heterocycles. The minimum absolute atomic E-state index is 0.590. The Kier molecular flexibility index (Phi) is 7.80.